The van der Waals surface area contributed by atoms with Crippen molar-refractivity contribution in [2.24, 2.45) is 9.98 Å². The number of fused-ring (bicyclic) bond motifs is 1. The standard InChI is InChI=1S/C26H21ClF2N8O4/c1-13(38)41-11-21-24(28)16(6-7-36(21)40)18-10-30-26(32-18)20-4-2-15-8-14(9-22(39)37(15)20)23-19(35-12-31-33-34-35)5-3-17(27)25(23)29/h3,5-7,9-10,12,15,20,40H,2,4,8,11H2,1H3/b18-16-/t15?,20-/m0/s1. The third-order valence-corrected chi connectivity index (χ3v) is 7.48. The second-order valence-electron chi connectivity index (χ2n) is 9.60. The zero-order valence-corrected chi connectivity index (χ0v) is 22.2. The highest BCUT2D eigenvalue weighted by atomic mass is 35.5. The van der Waals surface area contributed by atoms with Crippen LogP contribution >= 0.6 is 11.6 Å². The first kappa shape index (κ1) is 26.7. The van der Waals surface area contributed by atoms with Crippen LogP contribution in [-0.2, 0) is 14.3 Å². The molecule has 5 heterocycles. The lowest BCUT2D eigenvalue weighted by Gasteiger charge is -2.33. The topological polar surface area (TPSA) is 138 Å². The molecule has 1 amide bonds. The van der Waals surface area contributed by atoms with Crippen molar-refractivity contribution in [1.82, 2.24) is 30.2 Å². The van der Waals surface area contributed by atoms with Crippen LogP contribution in [0, 0.1) is 5.82 Å². The minimum atomic E-state index is -0.824. The van der Waals surface area contributed by atoms with Gasteiger partial charge in [-0.25, -0.2) is 23.8 Å². The first-order valence-corrected chi connectivity index (χ1v) is 12.9. The van der Waals surface area contributed by atoms with Gasteiger partial charge in [0.2, 0.25) is 5.91 Å². The number of amides is 1. The van der Waals surface area contributed by atoms with Crippen molar-refractivity contribution in [2.45, 2.75) is 38.3 Å². The molecule has 12 nitrogen and oxygen atoms in total. The highest BCUT2D eigenvalue weighted by Crippen LogP contribution is 2.41. The van der Waals surface area contributed by atoms with Gasteiger partial charge in [-0.15, -0.1) is 5.10 Å². The van der Waals surface area contributed by atoms with Crippen LogP contribution in [0.15, 0.2) is 69.6 Å². The van der Waals surface area contributed by atoms with E-state index in [1.165, 1.54) is 48.6 Å². The summed E-state index contributed by atoms with van der Waals surface area (Å²) >= 11 is 6.09. The maximum absolute atomic E-state index is 15.3. The van der Waals surface area contributed by atoms with E-state index < -0.39 is 30.3 Å². The molecule has 1 saturated heterocycles. The first-order valence-electron chi connectivity index (χ1n) is 12.5. The Morgan fingerprint density at radius 1 is 1.27 bits per heavy atom. The lowest BCUT2D eigenvalue weighted by molar-refractivity contribution is -0.141. The molecular weight excluding hydrogens is 562 g/mol. The van der Waals surface area contributed by atoms with Crippen molar-refractivity contribution in [1.29, 1.82) is 0 Å². The van der Waals surface area contributed by atoms with Gasteiger partial charge in [-0.05, 0) is 53.5 Å². The lowest BCUT2D eigenvalue weighted by Crippen LogP contribution is -2.45. The van der Waals surface area contributed by atoms with Crippen molar-refractivity contribution < 1.29 is 28.3 Å². The summed E-state index contributed by atoms with van der Waals surface area (Å²) in [6.45, 7) is 0.697. The number of tetrazole rings is 1. The van der Waals surface area contributed by atoms with Crippen LogP contribution in [0.1, 0.15) is 31.7 Å². The Morgan fingerprint density at radius 2 is 2.10 bits per heavy atom. The normalized spacial score (nSPS) is 23.8. The van der Waals surface area contributed by atoms with Crippen molar-refractivity contribution in [3.8, 4) is 5.69 Å². The summed E-state index contributed by atoms with van der Waals surface area (Å²) in [7, 11) is 0. The van der Waals surface area contributed by atoms with Gasteiger partial charge in [0, 0.05) is 36.4 Å². The lowest BCUT2D eigenvalue weighted by atomic mass is 9.92. The number of aliphatic imine (C=N–C) groups is 2. The number of carbonyl (C=O) groups excluding carboxylic acids is 2. The molecule has 2 atom stereocenters. The van der Waals surface area contributed by atoms with E-state index in [2.05, 4.69) is 25.5 Å². The van der Waals surface area contributed by atoms with E-state index in [4.69, 9.17) is 16.3 Å². The van der Waals surface area contributed by atoms with Gasteiger partial charge in [-0.1, -0.05) is 11.6 Å². The van der Waals surface area contributed by atoms with Gasteiger partial charge in [-0.3, -0.25) is 14.8 Å². The fraction of sp³-hybridized carbons (Fsp3) is 0.269. The minimum absolute atomic E-state index is 0.0458. The Morgan fingerprint density at radius 3 is 2.85 bits per heavy atom. The molecule has 41 heavy (non-hydrogen) atoms. The van der Waals surface area contributed by atoms with E-state index >= 15 is 8.78 Å². The summed E-state index contributed by atoms with van der Waals surface area (Å²) in [4.78, 5) is 35.1. The molecule has 1 fully saturated rings. The molecular formula is C26H21ClF2N8O4. The van der Waals surface area contributed by atoms with Crippen molar-refractivity contribution in [2.75, 3.05) is 6.61 Å². The largest absolute Gasteiger partial charge is 0.459 e. The van der Waals surface area contributed by atoms with E-state index in [0.29, 0.717) is 41.4 Å². The summed E-state index contributed by atoms with van der Waals surface area (Å²) in [6, 6.07) is 2.26. The number of halogens is 3. The maximum atomic E-state index is 15.3. The highest BCUT2D eigenvalue weighted by molar-refractivity contribution is 6.31. The fourth-order valence-electron chi connectivity index (χ4n) is 5.35. The van der Waals surface area contributed by atoms with E-state index in [1.54, 1.807) is 11.0 Å². The Balaban J connectivity index is 1.29. The number of amidine groups is 1. The average molecular weight is 583 g/mol. The molecule has 0 radical (unpaired) electrons. The summed E-state index contributed by atoms with van der Waals surface area (Å²) < 4.78 is 36.7. The van der Waals surface area contributed by atoms with Crippen LogP contribution in [0.2, 0.25) is 5.02 Å². The van der Waals surface area contributed by atoms with Gasteiger partial charge in [0.25, 0.3) is 0 Å². The minimum Gasteiger partial charge on any atom is -0.459 e. The number of benzene rings is 1. The van der Waals surface area contributed by atoms with E-state index in [9.17, 15) is 14.8 Å². The molecule has 6 rings (SSSR count). The Bertz CT molecular complexity index is 1650. The number of allylic oxidation sites excluding steroid dienone is 4. The van der Waals surface area contributed by atoms with Crippen LogP contribution in [-0.4, -0.2) is 78.0 Å². The monoisotopic (exact) mass is 582 g/mol. The number of rotatable bonds is 5. The van der Waals surface area contributed by atoms with Crippen LogP contribution in [0.4, 0.5) is 8.78 Å². The number of hydrogen-bond acceptors (Lipinski definition) is 10. The Kier molecular flexibility index (Phi) is 6.79. The van der Waals surface area contributed by atoms with Gasteiger partial charge in [0.15, 0.2) is 17.5 Å². The molecule has 15 heteroatoms. The zero-order chi connectivity index (χ0) is 28.8. The molecule has 0 bridgehead atoms. The number of nitrogens with zero attached hydrogens (tertiary/aromatic N) is 8. The highest BCUT2D eigenvalue weighted by Gasteiger charge is 2.43. The molecule has 0 saturated carbocycles. The van der Waals surface area contributed by atoms with Gasteiger partial charge in [0.05, 0.1) is 28.7 Å². The number of aromatic nitrogens is 4. The van der Waals surface area contributed by atoms with Crippen LogP contribution in [0.25, 0.3) is 11.3 Å². The second-order valence-corrected chi connectivity index (χ2v) is 10.0. The number of hydroxylamine groups is 2. The maximum Gasteiger partial charge on any atom is 0.303 e. The van der Waals surface area contributed by atoms with Gasteiger partial charge >= 0.3 is 5.97 Å². The molecule has 1 aromatic heterocycles. The predicted octanol–water partition coefficient (Wildman–Crippen LogP) is 3.30. The summed E-state index contributed by atoms with van der Waals surface area (Å²) in [5.74, 6) is -2.14. The van der Waals surface area contributed by atoms with E-state index in [1.807, 2.05) is 0 Å². The van der Waals surface area contributed by atoms with Gasteiger partial charge < -0.3 is 9.64 Å². The first-order chi connectivity index (χ1) is 19.7. The van der Waals surface area contributed by atoms with Crippen molar-refractivity contribution in [3.05, 3.63) is 76.0 Å². The number of carbonyl (C=O) groups is 2. The predicted molar refractivity (Wildman–Crippen MR) is 141 cm³/mol. The zero-order valence-electron chi connectivity index (χ0n) is 21.4. The van der Waals surface area contributed by atoms with E-state index in [-0.39, 0.29) is 39.5 Å². The van der Waals surface area contributed by atoms with Crippen LogP contribution < -0.4 is 0 Å². The van der Waals surface area contributed by atoms with Crippen molar-refractivity contribution >= 4 is 41.1 Å². The third kappa shape index (κ3) is 4.74. The number of hydrogen-bond donors (Lipinski definition) is 1. The van der Waals surface area contributed by atoms with Gasteiger partial charge in [0.1, 0.15) is 18.6 Å². The second kappa shape index (κ2) is 10.4. The summed E-state index contributed by atoms with van der Waals surface area (Å²) in [5.41, 5.74) is 0.947. The molecule has 0 spiro atoms. The van der Waals surface area contributed by atoms with Crippen LogP contribution in [0.3, 0.4) is 0 Å². The molecule has 1 aromatic carbocycles. The third-order valence-electron chi connectivity index (χ3n) is 7.19. The fourth-order valence-corrected chi connectivity index (χ4v) is 5.51. The molecule has 210 valence electrons. The molecule has 1 N–H and O–H groups in total. The number of ether oxygens (including phenoxy) is 1. The van der Waals surface area contributed by atoms with Crippen LogP contribution in [0.5, 0.6) is 0 Å². The summed E-state index contributed by atoms with van der Waals surface area (Å²) in [5, 5.41) is 21.5. The quantitative estimate of drug-likeness (QED) is 0.530. The van der Waals surface area contributed by atoms with E-state index in [0.717, 1.165) is 0 Å². The molecule has 4 aliphatic heterocycles. The molecule has 4 aliphatic rings. The van der Waals surface area contributed by atoms with Crippen molar-refractivity contribution in [3.63, 3.8) is 0 Å². The Labute approximate surface area is 236 Å². The molecule has 1 unspecified atom stereocenters. The molecule has 2 aromatic rings. The molecule has 0 aliphatic carbocycles. The van der Waals surface area contributed by atoms with Gasteiger partial charge in [-0.2, -0.15) is 4.68 Å². The SMILES string of the molecule is CC(=O)OCC1=C(F)/C(=C2/C=NC([C@@H]3CCC4CC(c5c(-n6cnnn6)ccc(Cl)c5F)=CC(=O)N43)=N2)C=CN1O. The number of esters is 1. The smallest absolute Gasteiger partial charge is 0.303 e. The average Bonchev–Trinajstić information content (AvgIpc) is 3.71. The summed E-state index contributed by atoms with van der Waals surface area (Å²) in [6.07, 6.45) is 8.12. The Hall–Kier alpha value is -4.56.